The van der Waals surface area contributed by atoms with Crippen LogP contribution in [0.25, 0.3) is 0 Å². The second kappa shape index (κ2) is 7.01. The Kier molecular flexibility index (Phi) is 4.72. The highest BCUT2D eigenvalue weighted by Gasteiger charge is 2.88. The Morgan fingerprint density at radius 1 is 1.12 bits per heavy atom. The number of ether oxygens (including phenoxy) is 2. The molecule has 0 aromatic carbocycles. The molecule has 5 saturated carbocycles. The van der Waals surface area contributed by atoms with Crippen molar-refractivity contribution in [1.29, 1.82) is 0 Å². The van der Waals surface area contributed by atoms with E-state index in [0.717, 1.165) is 32.1 Å². The lowest BCUT2D eigenvalue weighted by atomic mass is 9.36. The first kappa shape index (κ1) is 22.9. The highest BCUT2D eigenvalue weighted by atomic mass is 16.6. The molecule has 7 heteroatoms. The van der Waals surface area contributed by atoms with Gasteiger partial charge in [0.2, 0.25) is 5.79 Å². The lowest BCUT2D eigenvalue weighted by molar-refractivity contribution is -0.437. The van der Waals surface area contributed by atoms with E-state index in [9.17, 15) is 24.6 Å². The van der Waals surface area contributed by atoms with Crippen molar-refractivity contribution in [3.63, 3.8) is 0 Å². The van der Waals surface area contributed by atoms with Gasteiger partial charge in [0.15, 0.2) is 5.78 Å². The van der Waals surface area contributed by atoms with Crippen LogP contribution in [0.3, 0.4) is 0 Å². The first-order valence-corrected chi connectivity index (χ1v) is 13.1. The third-order valence-electron chi connectivity index (χ3n) is 10.8. The van der Waals surface area contributed by atoms with Crippen molar-refractivity contribution >= 4 is 17.5 Å². The minimum atomic E-state index is -2.23. The van der Waals surface area contributed by atoms with Gasteiger partial charge in [-0.3, -0.25) is 14.4 Å². The number of Topliss-reactive ketones (excluding diaryl/α,β-unsaturated/α-hetero) is 2. The Balaban J connectivity index is 1.51. The van der Waals surface area contributed by atoms with E-state index in [-0.39, 0.29) is 24.3 Å². The predicted octanol–water partition coefficient (Wildman–Crippen LogP) is 2.72. The Labute approximate surface area is 200 Å². The number of fused-ring (bicyclic) bond motifs is 2. The number of hydrogen-bond donors (Lipinski definition) is 2. The lowest BCUT2D eigenvalue weighted by Crippen LogP contribution is -2.85. The van der Waals surface area contributed by atoms with Gasteiger partial charge in [0.25, 0.3) is 0 Å². The van der Waals surface area contributed by atoms with Crippen molar-refractivity contribution in [2.45, 2.75) is 89.6 Å². The Morgan fingerprint density at radius 3 is 2.53 bits per heavy atom. The molecule has 0 amide bonds. The van der Waals surface area contributed by atoms with Crippen LogP contribution in [0, 0.1) is 39.9 Å². The van der Waals surface area contributed by atoms with Crippen LogP contribution in [-0.4, -0.2) is 52.4 Å². The molecule has 2 spiro atoms. The Bertz CT molecular complexity index is 979. The molecule has 2 unspecified atom stereocenters. The quantitative estimate of drug-likeness (QED) is 0.470. The standard InChI is InChI=1S/C27H36O7/c1-14-16-9-10-17-25-13-33-27(32,21(30)19(25)24(2,3)12-11-18(25)28)26(17,20(14)29)22(16)34-23(31)15-7-5-4-6-8-15/h15-17,19,21-22,30,32H,1,4-13H2,2-3H3/t16-,17?,19+,21-,22+,25+,26-,27?/m0/s1. The molecule has 34 heavy (non-hydrogen) atoms. The van der Waals surface area contributed by atoms with Gasteiger partial charge in [-0.05, 0) is 49.0 Å². The van der Waals surface area contributed by atoms with E-state index in [1.165, 1.54) is 0 Å². The third-order valence-corrected chi connectivity index (χ3v) is 10.8. The number of esters is 1. The predicted molar refractivity (Wildman–Crippen MR) is 120 cm³/mol. The third kappa shape index (κ3) is 2.37. The van der Waals surface area contributed by atoms with Gasteiger partial charge >= 0.3 is 5.97 Å². The van der Waals surface area contributed by atoms with Crippen LogP contribution >= 0.6 is 0 Å². The van der Waals surface area contributed by atoms with E-state index in [4.69, 9.17) is 9.47 Å². The van der Waals surface area contributed by atoms with Crippen molar-refractivity contribution in [2.75, 3.05) is 6.61 Å². The average molecular weight is 473 g/mol. The summed E-state index contributed by atoms with van der Waals surface area (Å²) in [5.41, 5.74) is -2.89. The summed E-state index contributed by atoms with van der Waals surface area (Å²) in [6.07, 6.45) is 4.16. The number of aliphatic hydroxyl groups excluding tert-OH is 1. The fourth-order valence-corrected chi connectivity index (χ4v) is 9.32. The summed E-state index contributed by atoms with van der Waals surface area (Å²) in [5.74, 6) is -4.75. The Morgan fingerprint density at radius 2 is 1.82 bits per heavy atom. The first-order valence-electron chi connectivity index (χ1n) is 13.1. The van der Waals surface area contributed by atoms with Crippen LogP contribution in [0.5, 0.6) is 0 Å². The maximum atomic E-state index is 14.0. The fourth-order valence-electron chi connectivity index (χ4n) is 9.32. The second-order valence-corrected chi connectivity index (χ2v) is 12.5. The fraction of sp³-hybridized carbons (Fsp3) is 0.815. The van der Waals surface area contributed by atoms with Gasteiger partial charge in [-0.15, -0.1) is 0 Å². The number of carbonyl (C=O) groups excluding carboxylic acids is 3. The van der Waals surface area contributed by atoms with Gasteiger partial charge < -0.3 is 19.7 Å². The van der Waals surface area contributed by atoms with Crippen molar-refractivity contribution in [3.05, 3.63) is 12.2 Å². The van der Waals surface area contributed by atoms with Crippen LogP contribution in [0.4, 0.5) is 0 Å². The van der Waals surface area contributed by atoms with Gasteiger partial charge in [-0.2, -0.15) is 0 Å². The minimum Gasteiger partial charge on any atom is -0.460 e. The van der Waals surface area contributed by atoms with Crippen LogP contribution in [0.15, 0.2) is 12.2 Å². The molecule has 0 aromatic rings. The van der Waals surface area contributed by atoms with E-state index in [1.807, 2.05) is 13.8 Å². The molecule has 5 aliphatic carbocycles. The number of aliphatic hydroxyl groups is 2. The molecule has 8 atom stereocenters. The van der Waals surface area contributed by atoms with Crippen molar-refractivity contribution in [2.24, 2.45) is 39.9 Å². The van der Waals surface area contributed by atoms with Crippen LogP contribution in [-0.2, 0) is 23.9 Å². The number of ketones is 2. The normalized spacial score (nSPS) is 49.5. The van der Waals surface area contributed by atoms with E-state index in [0.29, 0.717) is 31.3 Å². The van der Waals surface area contributed by atoms with Crippen LogP contribution in [0.2, 0.25) is 0 Å². The lowest BCUT2D eigenvalue weighted by Gasteiger charge is -2.73. The molecule has 7 fully saturated rings. The summed E-state index contributed by atoms with van der Waals surface area (Å²) in [5, 5.41) is 23.9. The SMILES string of the molecule is C=C1C(=O)[C@@]23C(CC[C@@H]1[C@H]2OC(=O)C1CCCCC1)[C@@]12COC3(O)[C@@H](O)[C@@H]1C(C)(C)CCC2=O. The van der Waals surface area contributed by atoms with E-state index in [1.54, 1.807) is 0 Å². The number of rotatable bonds is 2. The molecule has 0 aromatic heterocycles. The molecule has 7 aliphatic rings. The maximum Gasteiger partial charge on any atom is 0.309 e. The minimum absolute atomic E-state index is 0.0110. The van der Waals surface area contributed by atoms with Gasteiger partial charge in [0.05, 0.1) is 17.9 Å². The molecule has 0 radical (unpaired) electrons. The second-order valence-electron chi connectivity index (χ2n) is 12.5. The zero-order chi connectivity index (χ0) is 24.3. The summed E-state index contributed by atoms with van der Waals surface area (Å²) >= 11 is 0. The van der Waals surface area contributed by atoms with Crippen LogP contribution < -0.4 is 0 Å². The summed E-state index contributed by atoms with van der Waals surface area (Å²) < 4.78 is 12.2. The topological polar surface area (TPSA) is 110 Å². The smallest absolute Gasteiger partial charge is 0.309 e. The highest BCUT2D eigenvalue weighted by molar-refractivity contribution is 6.06. The van der Waals surface area contributed by atoms with E-state index < -0.39 is 57.8 Å². The van der Waals surface area contributed by atoms with E-state index >= 15 is 0 Å². The molecule has 2 N–H and O–H groups in total. The summed E-state index contributed by atoms with van der Waals surface area (Å²) in [6.45, 7) is 8.07. The molecule has 2 aliphatic heterocycles. The van der Waals surface area contributed by atoms with Crippen molar-refractivity contribution < 1.29 is 34.1 Å². The molecule has 7 nitrogen and oxygen atoms in total. The van der Waals surface area contributed by atoms with E-state index in [2.05, 4.69) is 6.58 Å². The largest absolute Gasteiger partial charge is 0.460 e. The average Bonchev–Trinajstić information content (AvgIpc) is 2.93. The molecule has 2 saturated heterocycles. The molecule has 4 bridgehead atoms. The van der Waals surface area contributed by atoms with Gasteiger partial charge in [0.1, 0.15) is 23.4 Å². The van der Waals surface area contributed by atoms with Gasteiger partial charge in [-0.25, -0.2) is 0 Å². The van der Waals surface area contributed by atoms with Crippen molar-refractivity contribution in [3.8, 4) is 0 Å². The molecule has 7 rings (SSSR count). The summed E-state index contributed by atoms with van der Waals surface area (Å²) in [6, 6.07) is 0. The monoisotopic (exact) mass is 472 g/mol. The maximum absolute atomic E-state index is 14.0. The van der Waals surface area contributed by atoms with Gasteiger partial charge in [-0.1, -0.05) is 39.7 Å². The summed E-state index contributed by atoms with van der Waals surface area (Å²) in [4.78, 5) is 41.1. The highest BCUT2D eigenvalue weighted by Crippen LogP contribution is 2.76. The number of hydrogen-bond acceptors (Lipinski definition) is 7. The number of carbonyl (C=O) groups is 3. The Hall–Kier alpha value is -1.57. The first-order chi connectivity index (χ1) is 16.0. The van der Waals surface area contributed by atoms with Crippen molar-refractivity contribution in [1.82, 2.24) is 0 Å². The zero-order valence-corrected chi connectivity index (χ0v) is 20.2. The molecular formula is C27H36O7. The summed E-state index contributed by atoms with van der Waals surface area (Å²) in [7, 11) is 0. The van der Waals surface area contributed by atoms with Crippen LogP contribution in [0.1, 0.15) is 71.6 Å². The van der Waals surface area contributed by atoms with Gasteiger partial charge in [0, 0.05) is 18.3 Å². The molecule has 2 heterocycles. The molecule has 186 valence electrons. The zero-order valence-electron chi connectivity index (χ0n) is 20.2. The molecular weight excluding hydrogens is 436 g/mol.